The van der Waals surface area contributed by atoms with E-state index in [1.54, 1.807) is 23.8 Å². The number of carbonyl (C=O) groups excluding carboxylic acids is 1. The van der Waals surface area contributed by atoms with E-state index < -0.39 is 0 Å². The molecule has 8 nitrogen and oxygen atoms in total. The third-order valence-corrected chi connectivity index (χ3v) is 5.02. The maximum absolute atomic E-state index is 13.3. The Kier molecular flexibility index (Phi) is 6.79. The van der Waals surface area contributed by atoms with Crippen molar-refractivity contribution in [3.63, 3.8) is 0 Å². The molecule has 1 aromatic carbocycles. The molecule has 0 aliphatic carbocycles. The second kappa shape index (κ2) is 9.49. The molecule has 2 aromatic heterocycles. The molecule has 158 valence electrons. The standard InChI is InChI=1S/C22H26N4O4/c1-5-25(13-19-23-18(14-29-4)24-30-19)21(27)20-15(2)11-12-26(22(20)28)16(3)17-9-7-6-8-10-17/h6-12,16H,5,13-14H2,1-4H3. The Balaban J connectivity index is 1.91. The van der Waals surface area contributed by atoms with Gasteiger partial charge in [-0.15, -0.1) is 0 Å². The predicted octanol–water partition coefficient (Wildman–Crippen LogP) is 2.96. The average molecular weight is 410 g/mol. The number of pyridine rings is 1. The van der Waals surface area contributed by atoms with E-state index >= 15 is 0 Å². The highest BCUT2D eigenvalue weighted by Crippen LogP contribution is 2.17. The predicted molar refractivity (Wildman–Crippen MR) is 111 cm³/mol. The zero-order valence-electron chi connectivity index (χ0n) is 17.7. The van der Waals surface area contributed by atoms with Gasteiger partial charge in [0.25, 0.3) is 11.5 Å². The number of hydrogen-bond donors (Lipinski definition) is 0. The second-order valence-corrected chi connectivity index (χ2v) is 7.03. The molecule has 0 fully saturated rings. The van der Waals surface area contributed by atoms with Crippen LogP contribution in [0.2, 0.25) is 0 Å². The normalized spacial score (nSPS) is 12.0. The quantitative estimate of drug-likeness (QED) is 0.567. The minimum atomic E-state index is -0.360. The van der Waals surface area contributed by atoms with Crippen LogP contribution < -0.4 is 5.56 Å². The highest BCUT2D eigenvalue weighted by molar-refractivity contribution is 5.95. The third-order valence-electron chi connectivity index (χ3n) is 5.02. The van der Waals surface area contributed by atoms with E-state index in [9.17, 15) is 9.59 Å². The van der Waals surface area contributed by atoms with E-state index in [1.807, 2.05) is 44.2 Å². The number of aromatic nitrogens is 3. The monoisotopic (exact) mass is 410 g/mol. The maximum Gasteiger partial charge on any atom is 0.264 e. The lowest BCUT2D eigenvalue weighted by Crippen LogP contribution is -2.38. The van der Waals surface area contributed by atoms with Crippen molar-refractivity contribution < 1.29 is 14.1 Å². The van der Waals surface area contributed by atoms with Crippen LogP contribution in [0, 0.1) is 6.92 Å². The van der Waals surface area contributed by atoms with Gasteiger partial charge < -0.3 is 18.7 Å². The summed E-state index contributed by atoms with van der Waals surface area (Å²) in [6, 6.07) is 11.3. The smallest absolute Gasteiger partial charge is 0.264 e. The van der Waals surface area contributed by atoms with Crippen molar-refractivity contribution in [3.8, 4) is 0 Å². The first-order valence-corrected chi connectivity index (χ1v) is 9.82. The van der Waals surface area contributed by atoms with E-state index in [2.05, 4.69) is 10.1 Å². The van der Waals surface area contributed by atoms with E-state index in [-0.39, 0.29) is 36.2 Å². The molecule has 2 heterocycles. The van der Waals surface area contributed by atoms with Crippen LogP contribution in [0.1, 0.15) is 53.1 Å². The Labute approximate surface area is 175 Å². The Bertz CT molecular complexity index is 1060. The summed E-state index contributed by atoms with van der Waals surface area (Å²) in [7, 11) is 1.54. The molecule has 0 N–H and O–H groups in total. The molecular formula is C22H26N4O4. The highest BCUT2D eigenvalue weighted by atomic mass is 16.5. The summed E-state index contributed by atoms with van der Waals surface area (Å²) in [6.45, 7) is 6.28. The van der Waals surface area contributed by atoms with Gasteiger partial charge in [-0.2, -0.15) is 4.98 Å². The average Bonchev–Trinajstić information content (AvgIpc) is 3.19. The molecule has 3 rings (SSSR count). The largest absolute Gasteiger partial charge is 0.377 e. The number of ether oxygens (including phenoxy) is 1. The Hall–Kier alpha value is -3.26. The van der Waals surface area contributed by atoms with Gasteiger partial charge in [0.15, 0.2) is 5.82 Å². The molecule has 1 amide bonds. The van der Waals surface area contributed by atoms with Crippen molar-refractivity contribution in [2.24, 2.45) is 0 Å². The van der Waals surface area contributed by atoms with Crippen molar-refractivity contribution in [3.05, 3.63) is 81.4 Å². The first-order chi connectivity index (χ1) is 14.5. The lowest BCUT2D eigenvalue weighted by Gasteiger charge is -2.22. The molecule has 1 unspecified atom stereocenters. The minimum Gasteiger partial charge on any atom is -0.377 e. The fourth-order valence-corrected chi connectivity index (χ4v) is 3.29. The van der Waals surface area contributed by atoms with Gasteiger partial charge in [0.05, 0.1) is 6.04 Å². The Morgan fingerprint density at radius 2 is 2.00 bits per heavy atom. The maximum atomic E-state index is 13.3. The third kappa shape index (κ3) is 4.49. The molecule has 1 atom stereocenters. The van der Waals surface area contributed by atoms with Crippen LogP contribution in [0.15, 0.2) is 51.9 Å². The fraction of sp³-hybridized carbons (Fsp3) is 0.364. The van der Waals surface area contributed by atoms with Gasteiger partial charge in [-0.1, -0.05) is 35.5 Å². The molecule has 0 bridgehead atoms. The van der Waals surface area contributed by atoms with Crippen LogP contribution in [-0.4, -0.2) is 39.2 Å². The molecule has 0 spiro atoms. The van der Waals surface area contributed by atoms with Gasteiger partial charge in [-0.25, -0.2) is 0 Å². The summed E-state index contributed by atoms with van der Waals surface area (Å²) in [6.07, 6.45) is 1.73. The molecular weight excluding hydrogens is 384 g/mol. The molecule has 0 saturated carbocycles. The molecule has 30 heavy (non-hydrogen) atoms. The lowest BCUT2D eigenvalue weighted by atomic mass is 10.1. The number of aryl methyl sites for hydroxylation is 1. The van der Waals surface area contributed by atoms with Crippen molar-refractivity contribution in [2.75, 3.05) is 13.7 Å². The van der Waals surface area contributed by atoms with E-state index in [4.69, 9.17) is 9.26 Å². The van der Waals surface area contributed by atoms with E-state index in [1.165, 1.54) is 12.0 Å². The summed E-state index contributed by atoms with van der Waals surface area (Å²) >= 11 is 0. The molecule has 3 aromatic rings. The number of amides is 1. The van der Waals surface area contributed by atoms with Crippen LogP contribution >= 0.6 is 0 Å². The molecule has 0 radical (unpaired) electrons. The summed E-state index contributed by atoms with van der Waals surface area (Å²) in [5.74, 6) is 0.343. The Morgan fingerprint density at radius 1 is 1.27 bits per heavy atom. The molecule has 0 saturated heterocycles. The molecule has 0 aliphatic heterocycles. The minimum absolute atomic E-state index is 0.119. The van der Waals surface area contributed by atoms with Crippen LogP contribution in [-0.2, 0) is 17.9 Å². The number of hydrogen-bond acceptors (Lipinski definition) is 6. The summed E-state index contributed by atoms with van der Waals surface area (Å²) in [4.78, 5) is 32.3. The summed E-state index contributed by atoms with van der Waals surface area (Å²) in [5.41, 5.74) is 1.45. The van der Waals surface area contributed by atoms with Crippen LogP contribution in [0.4, 0.5) is 0 Å². The molecule has 0 aliphatic rings. The Morgan fingerprint density at radius 3 is 2.67 bits per heavy atom. The van der Waals surface area contributed by atoms with Gasteiger partial charge in [0, 0.05) is 19.9 Å². The number of rotatable bonds is 8. The number of methoxy groups -OCH3 is 1. The lowest BCUT2D eigenvalue weighted by molar-refractivity contribution is 0.0731. The van der Waals surface area contributed by atoms with Crippen LogP contribution in [0.25, 0.3) is 0 Å². The van der Waals surface area contributed by atoms with Gasteiger partial charge in [0.1, 0.15) is 18.7 Å². The van der Waals surface area contributed by atoms with Gasteiger partial charge in [-0.3, -0.25) is 9.59 Å². The zero-order chi connectivity index (χ0) is 21.7. The van der Waals surface area contributed by atoms with Crippen LogP contribution in [0.5, 0.6) is 0 Å². The van der Waals surface area contributed by atoms with Crippen molar-refractivity contribution in [1.82, 2.24) is 19.6 Å². The summed E-state index contributed by atoms with van der Waals surface area (Å²) < 4.78 is 11.8. The van der Waals surface area contributed by atoms with Gasteiger partial charge >= 0.3 is 0 Å². The summed E-state index contributed by atoms with van der Waals surface area (Å²) in [5, 5.41) is 3.82. The van der Waals surface area contributed by atoms with Gasteiger partial charge in [0.2, 0.25) is 5.89 Å². The van der Waals surface area contributed by atoms with E-state index in [0.717, 1.165) is 5.56 Å². The zero-order valence-corrected chi connectivity index (χ0v) is 17.7. The first kappa shape index (κ1) is 21.4. The topological polar surface area (TPSA) is 90.5 Å². The highest BCUT2D eigenvalue weighted by Gasteiger charge is 2.24. The van der Waals surface area contributed by atoms with Crippen molar-refractivity contribution >= 4 is 5.91 Å². The fourth-order valence-electron chi connectivity index (χ4n) is 3.29. The van der Waals surface area contributed by atoms with Crippen LogP contribution in [0.3, 0.4) is 0 Å². The number of carbonyl (C=O) groups is 1. The second-order valence-electron chi connectivity index (χ2n) is 7.03. The van der Waals surface area contributed by atoms with E-state index in [0.29, 0.717) is 23.8 Å². The first-order valence-electron chi connectivity index (χ1n) is 9.82. The van der Waals surface area contributed by atoms with Crippen molar-refractivity contribution in [2.45, 2.75) is 40.0 Å². The number of nitrogens with zero attached hydrogens (tertiary/aromatic N) is 4. The van der Waals surface area contributed by atoms with Gasteiger partial charge in [-0.05, 0) is 38.0 Å². The molecule has 8 heteroatoms. The number of benzene rings is 1. The SMILES string of the molecule is CCN(Cc1nc(COC)no1)C(=O)c1c(C)ccn(C(C)c2ccccc2)c1=O. The van der Waals surface area contributed by atoms with Crippen molar-refractivity contribution in [1.29, 1.82) is 0 Å².